The molecule has 0 radical (unpaired) electrons. The standard InChI is InChI=1S/C9H17N3O/c1-7(9(13)10-2)12-8-5-3-4-6-11-8/h7H,3-6H2,1-2H3,(H,10,13)(H,11,12). The van der Waals surface area contributed by atoms with E-state index in [0.29, 0.717) is 0 Å². The lowest BCUT2D eigenvalue weighted by atomic mass is 10.1. The summed E-state index contributed by atoms with van der Waals surface area (Å²) in [7, 11) is 1.64. The van der Waals surface area contributed by atoms with Crippen molar-refractivity contribution in [1.82, 2.24) is 10.6 Å². The smallest absolute Gasteiger partial charge is 0.241 e. The molecule has 0 bridgehead atoms. The highest BCUT2D eigenvalue weighted by atomic mass is 16.2. The molecule has 1 heterocycles. The Balaban J connectivity index is 2.38. The number of carbonyl (C=O) groups excluding carboxylic acids is 1. The van der Waals surface area contributed by atoms with Crippen LogP contribution in [0.4, 0.5) is 0 Å². The van der Waals surface area contributed by atoms with Gasteiger partial charge in [-0.3, -0.25) is 9.79 Å². The van der Waals surface area contributed by atoms with Gasteiger partial charge in [-0.25, -0.2) is 0 Å². The van der Waals surface area contributed by atoms with Crippen LogP contribution in [0, 0.1) is 0 Å². The molecule has 4 nitrogen and oxygen atoms in total. The fourth-order valence-corrected chi connectivity index (χ4v) is 1.35. The zero-order chi connectivity index (χ0) is 9.68. The molecule has 0 aromatic rings. The molecule has 0 spiro atoms. The molecule has 2 N–H and O–H groups in total. The minimum absolute atomic E-state index is 0.00766. The van der Waals surface area contributed by atoms with Gasteiger partial charge in [-0.05, 0) is 19.8 Å². The summed E-state index contributed by atoms with van der Waals surface area (Å²) in [6.07, 6.45) is 3.31. The Hall–Kier alpha value is -1.06. The number of likely N-dealkylation sites (N-methyl/N-ethyl adjacent to an activating group) is 1. The highest BCUT2D eigenvalue weighted by Gasteiger charge is 2.13. The van der Waals surface area contributed by atoms with Crippen LogP contribution in [0.15, 0.2) is 4.99 Å². The minimum atomic E-state index is -0.179. The van der Waals surface area contributed by atoms with Crippen LogP contribution >= 0.6 is 0 Å². The highest BCUT2D eigenvalue weighted by Crippen LogP contribution is 2.04. The Morgan fingerprint density at radius 2 is 2.31 bits per heavy atom. The molecule has 0 aliphatic carbocycles. The van der Waals surface area contributed by atoms with Gasteiger partial charge in [0.2, 0.25) is 5.91 Å². The van der Waals surface area contributed by atoms with Gasteiger partial charge < -0.3 is 10.6 Å². The number of amides is 1. The molecule has 1 rings (SSSR count). The van der Waals surface area contributed by atoms with Crippen LogP contribution in [0.25, 0.3) is 0 Å². The third-order valence-corrected chi connectivity index (χ3v) is 2.15. The predicted molar refractivity (Wildman–Crippen MR) is 52.8 cm³/mol. The molecular formula is C9H17N3O. The first-order chi connectivity index (χ1) is 6.24. The molecule has 0 aromatic heterocycles. The van der Waals surface area contributed by atoms with E-state index in [9.17, 15) is 4.79 Å². The molecule has 0 fully saturated rings. The Kier molecular flexibility index (Phi) is 3.73. The van der Waals surface area contributed by atoms with E-state index in [0.717, 1.165) is 18.8 Å². The van der Waals surface area contributed by atoms with Crippen LogP contribution in [0.3, 0.4) is 0 Å². The Morgan fingerprint density at radius 1 is 1.54 bits per heavy atom. The van der Waals surface area contributed by atoms with E-state index in [1.54, 1.807) is 7.05 Å². The van der Waals surface area contributed by atoms with Crippen molar-refractivity contribution in [3.05, 3.63) is 0 Å². The van der Waals surface area contributed by atoms with Gasteiger partial charge in [0.05, 0.1) is 5.84 Å². The van der Waals surface area contributed by atoms with Gasteiger partial charge in [-0.2, -0.15) is 0 Å². The molecule has 0 saturated heterocycles. The van der Waals surface area contributed by atoms with E-state index in [-0.39, 0.29) is 11.9 Å². The second kappa shape index (κ2) is 4.84. The van der Waals surface area contributed by atoms with E-state index in [2.05, 4.69) is 15.6 Å². The lowest BCUT2D eigenvalue weighted by Gasteiger charge is -2.18. The SMILES string of the molecule is CNC(=O)C(C)NC1=NCCCC1. The topological polar surface area (TPSA) is 53.5 Å². The molecule has 1 unspecified atom stereocenters. The van der Waals surface area contributed by atoms with Gasteiger partial charge in [0.25, 0.3) is 0 Å². The van der Waals surface area contributed by atoms with E-state index in [4.69, 9.17) is 0 Å². The molecule has 0 aromatic carbocycles. The first-order valence-corrected chi connectivity index (χ1v) is 4.75. The van der Waals surface area contributed by atoms with Crippen molar-refractivity contribution < 1.29 is 4.79 Å². The van der Waals surface area contributed by atoms with Gasteiger partial charge in [-0.1, -0.05) is 0 Å². The summed E-state index contributed by atoms with van der Waals surface area (Å²) in [6.45, 7) is 2.73. The molecular weight excluding hydrogens is 166 g/mol. The normalized spacial score (nSPS) is 18.8. The summed E-state index contributed by atoms with van der Waals surface area (Å²) in [5.41, 5.74) is 0. The van der Waals surface area contributed by atoms with Crippen LogP contribution in [-0.4, -0.2) is 31.4 Å². The Morgan fingerprint density at radius 3 is 2.85 bits per heavy atom. The number of amidine groups is 1. The van der Waals surface area contributed by atoms with Crippen molar-refractivity contribution in [2.75, 3.05) is 13.6 Å². The molecule has 13 heavy (non-hydrogen) atoms. The fourth-order valence-electron chi connectivity index (χ4n) is 1.35. The van der Waals surface area contributed by atoms with Crippen LogP contribution < -0.4 is 10.6 Å². The zero-order valence-corrected chi connectivity index (χ0v) is 8.26. The number of rotatable bonds is 2. The van der Waals surface area contributed by atoms with Crippen LogP contribution in [0.1, 0.15) is 26.2 Å². The van der Waals surface area contributed by atoms with E-state index < -0.39 is 0 Å². The average molecular weight is 183 g/mol. The highest BCUT2D eigenvalue weighted by molar-refractivity contribution is 5.89. The number of hydrogen-bond acceptors (Lipinski definition) is 3. The summed E-state index contributed by atoms with van der Waals surface area (Å²) in [4.78, 5) is 15.5. The second-order valence-corrected chi connectivity index (χ2v) is 3.27. The van der Waals surface area contributed by atoms with Gasteiger partial charge in [0.15, 0.2) is 0 Å². The monoisotopic (exact) mass is 183 g/mol. The summed E-state index contributed by atoms with van der Waals surface area (Å²) in [6, 6.07) is -0.179. The Labute approximate surface area is 78.8 Å². The van der Waals surface area contributed by atoms with Crippen LogP contribution in [0.5, 0.6) is 0 Å². The summed E-state index contributed by atoms with van der Waals surface area (Å²) in [5, 5.41) is 5.71. The average Bonchev–Trinajstić information content (AvgIpc) is 2.18. The predicted octanol–water partition coefficient (Wildman–Crippen LogP) is 0.293. The molecule has 1 amide bonds. The van der Waals surface area contributed by atoms with Gasteiger partial charge in [0, 0.05) is 20.0 Å². The van der Waals surface area contributed by atoms with Crippen molar-refractivity contribution in [1.29, 1.82) is 0 Å². The number of nitrogens with zero attached hydrogens (tertiary/aromatic N) is 1. The second-order valence-electron chi connectivity index (χ2n) is 3.27. The number of carbonyl (C=O) groups is 1. The lowest BCUT2D eigenvalue weighted by molar-refractivity contribution is -0.121. The maximum atomic E-state index is 11.2. The molecule has 1 aliphatic rings. The van der Waals surface area contributed by atoms with E-state index in [1.165, 1.54) is 12.8 Å². The number of aliphatic imine (C=N–C) groups is 1. The summed E-state index contributed by atoms with van der Waals surface area (Å²) >= 11 is 0. The summed E-state index contributed by atoms with van der Waals surface area (Å²) in [5.74, 6) is 0.982. The van der Waals surface area contributed by atoms with E-state index in [1.807, 2.05) is 6.92 Å². The third-order valence-electron chi connectivity index (χ3n) is 2.15. The largest absolute Gasteiger partial charge is 0.362 e. The maximum absolute atomic E-state index is 11.2. The molecule has 1 aliphatic heterocycles. The minimum Gasteiger partial charge on any atom is -0.362 e. The van der Waals surface area contributed by atoms with Gasteiger partial charge in [-0.15, -0.1) is 0 Å². The van der Waals surface area contributed by atoms with Crippen molar-refractivity contribution in [2.45, 2.75) is 32.2 Å². The third kappa shape index (κ3) is 3.05. The summed E-state index contributed by atoms with van der Waals surface area (Å²) < 4.78 is 0. The lowest BCUT2D eigenvalue weighted by Crippen LogP contribution is -2.44. The molecule has 4 heteroatoms. The molecule has 1 atom stereocenters. The Bertz CT molecular complexity index is 213. The first kappa shape index (κ1) is 10.0. The van der Waals surface area contributed by atoms with Gasteiger partial charge >= 0.3 is 0 Å². The number of hydrogen-bond donors (Lipinski definition) is 2. The molecule has 74 valence electrons. The van der Waals surface area contributed by atoms with E-state index >= 15 is 0 Å². The van der Waals surface area contributed by atoms with Gasteiger partial charge in [0.1, 0.15) is 6.04 Å². The van der Waals surface area contributed by atoms with Crippen LogP contribution in [0.2, 0.25) is 0 Å². The number of nitrogens with one attached hydrogen (secondary N) is 2. The fraction of sp³-hybridized carbons (Fsp3) is 0.778. The quantitative estimate of drug-likeness (QED) is 0.646. The molecule has 0 saturated carbocycles. The maximum Gasteiger partial charge on any atom is 0.241 e. The van der Waals surface area contributed by atoms with Crippen molar-refractivity contribution >= 4 is 11.7 Å². The first-order valence-electron chi connectivity index (χ1n) is 4.75. The van der Waals surface area contributed by atoms with Crippen molar-refractivity contribution in [2.24, 2.45) is 4.99 Å². The zero-order valence-electron chi connectivity index (χ0n) is 8.26. The van der Waals surface area contributed by atoms with Crippen molar-refractivity contribution in [3.63, 3.8) is 0 Å². The van der Waals surface area contributed by atoms with Crippen LogP contribution in [-0.2, 0) is 4.79 Å². The van der Waals surface area contributed by atoms with Crippen molar-refractivity contribution in [3.8, 4) is 0 Å².